The van der Waals surface area contributed by atoms with E-state index in [1.165, 1.54) is 12.8 Å². The third-order valence-electron chi connectivity index (χ3n) is 3.69. The molecule has 0 bridgehead atoms. The van der Waals surface area contributed by atoms with Gasteiger partial charge in [-0.05, 0) is 18.9 Å². The second kappa shape index (κ2) is 4.96. The van der Waals surface area contributed by atoms with Gasteiger partial charge in [-0.25, -0.2) is 13.4 Å². The number of aromatic nitrogens is 2. The normalized spacial score (nSPS) is 22.7. The van der Waals surface area contributed by atoms with E-state index in [0.717, 1.165) is 18.9 Å². The maximum Gasteiger partial charge on any atom is 0.227 e. The minimum Gasteiger partial charge on any atom is -0.356 e. The lowest BCUT2D eigenvalue weighted by atomic mass is 10.4. The fraction of sp³-hybridized carbons (Fsp3) is 0.667. The zero-order chi connectivity index (χ0) is 13.3. The van der Waals surface area contributed by atoms with Gasteiger partial charge < -0.3 is 9.80 Å². The summed E-state index contributed by atoms with van der Waals surface area (Å²) in [6.07, 6.45) is 4.18. The molecule has 0 radical (unpaired) electrons. The molecule has 0 unspecified atom stereocenters. The van der Waals surface area contributed by atoms with Gasteiger partial charge in [0.25, 0.3) is 0 Å². The molecule has 0 amide bonds. The van der Waals surface area contributed by atoms with Crippen molar-refractivity contribution in [3.63, 3.8) is 0 Å². The maximum atomic E-state index is 11.4. The van der Waals surface area contributed by atoms with Gasteiger partial charge in [0.2, 0.25) is 5.95 Å². The van der Waals surface area contributed by atoms with Crippen LogP contribution in [0.1, 0.15) is 12.8 Å². The zero-order valence-corrected chi connectivity index (χ0v) is 11.6. The van der Waals surface area contributed by atoms with Gasteiger partial charge in [0.05, 0.1) is 11.5 Å². The Kier molecular flexibility index (Phi) is 3.30. The molecule has 0 N–H and O–H groups in total. The molecule has 2 aliphatic heterocycles. The summed E-state index contributed by atoms with van der Waals surface area (Å²) in [7, 11) is -2.86. The molecule has 104 valence electrons. The first-order chi connectivity index (χ1) is 9.14. The third kappa shape index (κ3) is 2.80. The molecule has 3 rings (SSSR count). The standard InChI is InChI=1S/C12H18N4O2S/c17-19(18)9-7-16(8-10-19)12-13-4-3-11(14-12)15-5-1-2-6-15/h3-4H,1-2,5-10H2. The van der Waals surface area contributed by atoms with Crippen molar-refractivity contribution in [3.8, 4) is 0 Å². The van der Waals surface area contributed by atoms with Crippen LogP contribution >= 0.6 is 0 Å². The monoisotopic (exact) mass is 282 g/mol. The Labute approximate surface area is 113 Å². The van der Waals surface area contributed by atoms with Gasteiger partial charge >= 0.3 is 0 Å². The summed E-state index contributed by atoms with van der Waals surface area (Å²) in [5.41, 5.74) is 0. The Morgan fingerprint density at radius 1 is 1.00 bits per heavy atom. The first kappa shape index (κ1) is 12.7. The van der Waals surface area contributed by atoms with E-state index < -0.39 is 9.84 Å². The van der Waals surface area contributed by atoms with Crippen LogP contribution in [-0.2, 0) is 9.84 Å². The Hall–Kier alpha value is -1.37. The van der Waals surface area contributed by atoms with Crippen LogP contribution < -0.4 is 9.80 Å². The minimum absolute atomic E-state index is 0.199. The molecule has 19 heavy (non-hydrogen) atoms. The average molecular weight is 282 g/mol. The number of anilines is 2. The van der Waals surface area contributed by atoms with E-state index >= 15 is 0 Å². The van der Waals surface area contributed by atoms with E-state index in [9.17, 15) is 8.42 Å². The SMILES string of the molecule is O=S1(=O)CCN(c2nccc(N3CCCC3)n2)CC1. The Bertz CT molecular complexity index is 541. The Morgan fingerprint density at radius 3 is 2.37 bits per heavy atom. The summed E-state index contributed by atoms with van der Waals surface area (Å²) >= 11 is 0. The van der Waals surface area contributed by atoms with Gasteiger partial charge in [-0.1, -0.05) is 0 Å². The van der Waals surface area contributed by atoms with Crippen LogP contribution in [0.5, 0.6) is 0 Å². The highest BCUT2D eigenvalue weighted by atomic mass is 32.2. The van der Waals surface area contributed by atoms with Crippen molar-refractivity contribution in [2.75, 3.05) is 47.5 Å². The predicted octanol–water partition coefficient (Wildman–Crippen LogP) is 0.312. The summed E-state index contributed by atoms with van der Waals surface area (Å²) in [6.45, 7) is 3.08. The summed E-state index contributed by atoms with van der Waals surface area (Å²) in [5.74, 6) is 2.00. The topological polar surface area (TPSA) is 66.4 Å². The van der Waals surface area contributed by atoms with Crippen LogP contribution in [0.4, 0.5) is 11.8 Å². The van der Waals surface area contributed by atoms with Gasteiger partial charge in [-0.2, -0.15) is 4.98 Å². The lowest BCUT2D eigenvalue weighted by Gasteiger charge is -2.27. The van der Waals surface area contributed by atoms with Gasteiger partial charge in [-0.3, -0.25) is 0 Å². The van der Waals surface area contributed by atoms with Gasteiger partial charge in [0.1, 0.15) is 5.82 Å². The lowest BCUT2D eigenvalue weighted by Crippen LogP contribution is -2.41. The highest BCUT2D eigenvalue weighted by molar-refractivity contribution is 7.91. The van der Waals surface area contributed by atoms with Crippen molar-refractivity contribution in [2.45, 2.75) is 12.8 Å². The second-order valence-corrected chi connectivity index (χ2v) is 7.35. The van der Waals surface area contributed by atoms with Crippen LogP contribution in [0.2, 0.25) is 0 Å². The van der Waals surface area contributed by atoms with Crippen LogP contribution in [-0.4, -0.2) is 56.1 Å². The third-order valence-corrected chi connectivity index (χ3v) is 5.29. The highest BCUT2D eigenvalue weighted by Gasteiger charge is 2.24. The number of rotatable bonds is 2. The first-order valence-electron chi connectivity index (χ1n) is 6.67. The number of sulfone groups is 1. The molecule has 1 aromatic heterocycles. The largest absolute Gasteiger partial charge is 0.356 e. The van der Waals surface area contributed by atoms with Crippen molar-refractivity contribution in [3.05, 3.63) is 12.3 Å². The van der Waals surface area contributed by atoms with Crippen LogP contribution in [0, 0.1) is 0 Å². The van der Waals surface area contributed by atoms with Crippen molar-refractivity contribution in [1.82, 2.24) is 9.97 Å². The highest BCUT2D eigenvalue weighted by Crippen LogP contribution is 2.20. The molecule has 2 saturated heterocycles. The summed E-state index contributed by atoms with van der Waals surface area (Å²) in [6, 6.07) is 1.93. The van der Waals surface area contributed by atoms with Gasteiger partial charge in [0, 0.05) is 32.4 Å². The molecular formula is C12H18N4O2S. The molecule has 2 fully saturated rings. The molecule has 0 aromatic carbocycles. The molecule has 0 spiro atoms. The molecule has 0 atom stereocenters. The number of nitrogens with zero attached hydrogens (tertiary/aromatic N) is 4. The fourth-order valence-electron chi connectivity index (χ4n) is 2.53. The zero-order valence-electron chi connectivity index (χ0n) is 10.8. The smallest absolute Gasteiger partial charge is 0.227 e. The summed E-state index contributed by atoms with van der Waals surface area (Å²) in [5, 5.41) is 0. The van der Waals surface area contributed by atoms with Crippen molar-refractivity contribution >= 4 is 21.6 Å². The van der Waals surface area contributed by atoms with Crippen LogP contribution in [0.3, 0.4) is 0 Å². The quantitative estimate of drug-likeness (QED) is 0.778. The molecule has 6 nitrogen and oxygen atoms in total. The molecule has 2 aliphatic rings. The molecule has 1 aromatic rings. The fourth-order valence-corrected chi connectivity index (χ4v) is 3.73. The average Bonchev–Trinajstić information content (AvgIpc) is 2.93. The van der Waals surface area contributed by atoms with E-state index in [1.807, 2.05) is 11.0 Å². The first-order valence-corrected chi connectivity index (χ1v) is 8.50. The minimum atomic E-state index is -2.86. The van der Waals surface area contributed by atoms with Crippen molar-refractivity contribution in [2.24, 2.45) is 0 Å². The molecule has 0 saturated carbocycles. The molecular weight excluding hydrogens is 264 g/mol. The van der Waals surface area contributed by atoms with Crippen molar-refractivity contribution < 1.29 is 8.42 Å². The number of hydrogen-bond acceptors (Lipinski definition) is 6. The molecule has 0 aliphatic carbocycles. The Balaban J connectivity index is 1.76. The summed E-state index contributed by atoms with van der Waals surface area (Å²) in [4.78, 5) is 13.1. The van der Waals surface area contributed by atoms with Crippen LogP contribution in [0.25, 0.3) is 0 Å². The Morgan fingerprint density at radius 2 is 1.68 bits per heavy atom. The maximum absolute atomic E-state index is 11.4. The van der Waals surface area contributed by atoms with Crippen LogP contribution in [0.15, 0.2) is 12.3 Å². The summed E-state index contributed by atoms with van der Waals surface area (Å²) < 4.78 is 22.9. The van der Waals surface area contributed by atoms with Crippen molar-refractivity contribution in [1.29, 1.82) is 0 Å². The van der Waals surface area contributed by atoms with Gasteiger partial charge in [-0.15, -0.1) is 0 Å². The van der Waals surface area contributed by atoms with Gasteiger partial charge in [0.15, 0.2) is 9.84 Å². The number of hydrogen-bond donors (Lipinski definition) is 0. The van der Waals surface area contributed by atoms with E-state index in [0.29, 0.717) is 19.0 Å². The predicted molar refractivity (Wildman–Crippen MR) is 74.3 cm³/mol. The van der Waals surface area contributed by atoms with E-state index in [-0.39, 0.29) is 11.5 Å². The lowest BCUT2D eigenvalue weighted by molar-refractivity contribution is 0.585. The van der Waals surface area contributed by atoms with E-state index in [4.69, 9.17) is 0 Å². The molecule has 3 heterocycles. The second-order valence-electron chi connectivity index (χ2n) is 5.05. The van der Waals surface area contributed by atoms with E-state index in [2.05, 4.69) is 14.9 Å². The molecule has 7 heteroatoms. The van der Waals surface area contributed by atoms with E-state index in [1.54, 1.807) is 6.20 Å².